The van der Waals surface area contributed by atoms with Crippen LogP contribution in [0.2, 0.25) is 0 Å². The number of carboxylic acids is 1. The molecule has 0 aromatic heterocycles. The fraction of sp³-hybridized carbons (Fsp3) is 0.257. The van der Waals surface area contributed by atoms with Gasteiger partial charge in [0.15, 0.2) is 0 Å². The molecule has 4 aromatic rings. The summed E-state index contributed by atoms with van der Waals surface area (Å²) in [6, 6.07) is 29.5. The molecule has 7 heteroatoms. The van der Waals surface area contributed by atoms with Crippen LogP contribution in [0.1, 0.15) is 48.0 Å². The molecule has 0 heterocycles. The van der Waals surface area contributed by atoms with E-state index in [1.165, 1.54) is 32.1 Å². The smallest absolute Gasteiger partial charge is 0.326 e. The van der Waals surface area contributed by atoms with Crippen LogP contribution in [0.5, 0.6) is 11.5 Å². The largest absolute Gasteiger partial charge is 0.480 e. The summed E-state index contributed by atoms with van der Waals surface area (Å²) in [5.41, 5.74) is 3.82. The van der Waals surface area contributed by atoms with Crippen molar-refractivity contribution in [3.63, 3.8) is 0 Å². The number of amides is 1. The third-order valence-corrected chi connectivity index (χ3v) is 8.19. The molecule has 1 atom stereocenters. The average Bonchev–Trinajstić information content (AvgIpc) is 3.02. The summed E-state index contributed by atoms with van der Waals surface area (Å²) in [6.07, 6.45) is 6.32. The first-order valence-corrected chi connectivity index (χ1v) is 15.2. The van der Waals surface area contributed by atoms with E-state index in [1.54, 1.807) is 6.07 Å². The molecule has 5 rings (SSSR count). The molecule has 216 valence electrons. The number of halogens is 1. The second kappa shape index (κ2) is 14.2. The molecule has 0 spiro atoms. The predicted octanol–water partition coefficient (Wildman–Crippen LogP) is 8.33. The SMILES string of the molecule is O=C(N[C@@H](Cc1ccc(-c2ccccc2Oc2ccccc2)cc1)C(=O)O)c1cc(Br)ccc1NCC1CCCCC1. The van der Waals surface area contributed by atoms with Gasteiger partial charge >= 0.3 is 5.97 Å². The number of rotatable bonds is 11. The summed E-state index contributed by atoms with van der Waals surface area (Å²) in [5, 5.41) is 16.2. The number of aliphatic carboxylic acids is 1. The summed E-state index contributed by atoms with van der Waals surface area (Å²) in [5.74, 6) is 0.567. The summed E-state index contributed by atoms with van der Waals surface area (Å²) in [6.45, 7) is 0.802. The molecule has 0 aliphatic heterocycles. The minimum Gasteiger partial charge on any atom is -0.480 e. The maximum atomic E-state index is 13.4. The van der Waals surface area contributed by atoms with Gasteiger partial charge in [-0.05, 0) is 66.3 Å². The van der Waals surface area contributed by atoms with E-state index in [4.69, 9.17) is 4.74 Å². The summed E-state index contributed by atoms with van der Waals surface area (Å²) < 4.78 is 6.87. The zero-order chi connectivity index (χ0) is 29.3. The van der Waals surface area contributed by atoms with Crippen molar-refractivity contribution in [2.45, 2.75) is 44.6 Å². The average molecular weight is 628 g/mol. The van der Waals surface area contributed by atoms with E-state index in [2.05, 4.69) is 26.6 Å². The highest BCUT2D eigenvalue weighted by Crippen LogP contribution is 2.33. The van der Waals surface area contributed by atoms with Gasteiger partial charge in [0.1, 0.15) is 17.5 Å². The number of anilines is 1. The van der Waals surface area contributed by atoms with Crippen molar-refractivity contribution >= 4 is 33.5 Å². The Balaban J connectivity index is 1.27. The van der Waals surface area contributed by atoms with Gasteiger partial charge < -0.3 is 20.5 Å². The minimum absolute atomic E-state index is 0.155. The topological polar surface area (TPSA) is 87.7 Å². The predicted molar refractivity (Wildman–Crippen MR) is 170 cm³/mol. The van der Waals surface area contributed by atoms with Crippen molar-refractivity contribution < 1.29 is 19.4 Å². The molecule has 1 saturated carbocycles. The lowest BCUT2D eigenvalue weighted by molar-refractivity contribution is -0.139. The second-order valence-electron chi connectivity index (χ2n) is 10.8. The Morgan fingerprint density at radius 1 is 0.881 bits per heavy atom. The van der Waals surface area contributed by atoms with Gasteiger partial charge in [0.25, 0.3) is 5.91 Å². The first kappa shape index (κ1) is 29.4. The van der Waals surface area contributed by atoms with Gasteiger partial charge in [0, 0.05) is 28.7 Å². The Labute approximate surface area is 255 Å². The number of hydrogen-bond acceptors (Lipinski definition) is 4. The summed E-state index contributed by atoms with van der Waals surface area (Å²) in [7, 11) is 0. The van der Waals surface area contributed by atoms with Crippen LogP contribution in [-0.2, 0) is 11.2 Å². The Morgan fingerprint density at radius 2 is 1.60 bits per heavy atom. The van der Waals surface area contributed by atoms with E-state index < -0.39 is 17.9 Å². The molecule has 1 aliphatic rings. The zero-order valence-electron chi connectivity index (χ0n) is 23.4. The molecule has 42 heavy (non-hydrogen) atoms. The van der Waals surface area contributed by atoms with Crippen LogP contribution in [-0.4, -0.2) is 29.6 Å². The van der Waals surface area contributed by atoms with E-state index in [1.807, 2.05) is 91.0 Å². The highest BCUT2D eigenvalue weighted by atomic mass is 79.9. The van der Waals surface area contributed by atoms with Gasteiger partial charge in [0.2, 0.25) is 0 Å². The van der Waals surface area contributed by atoms with E-state index in [0.717, 1.165) is 39.2 Å². The van der Waals surface area contributed by atoms with Crippen molar-refractivity contribution in [3.05, 3.63) is 113 Å². The maximum Gasteiger partial charge on any atom is 0.326 e. The molecule has 0 bridgehead atoms. The van der Waals surface area contributed by atoms with E-state index in [9.17, 15) is 14.7 Å². The van der Waals surface area contributed by atoms with Crippen LogP contribution in [0.15, 0.2) is 102 Å². The number of carbonyl (C=O) groups excluding carboxylic acids is 1. The minimum atomic E-state index is -1.08. The van der Waals surface area contributed by atoms with Crippen LogP contribution >= 0.6 is 15.9 Å². The van der Waals surface area contributed by atoms with E-state index in [-0.39, 0.29) is 6.42 Å². The van der Waals surface area contributed by atoms with E-state index in [0.29, 0.717) is 17.2 Å². The molecule has 0 radical (unpaired) electrons. The quantitative estimate of drug-likeness (QED) is 0.156. The first-order chi connectivity index (χ1) is 20.5. The first-order valence-electron chi connectivity index (χ1n) is 14.4. The number of carboxylic acid groups (broad SMARTS) is 1. The van der Waals surface area contributed by atoms with Crippen molar-refractivity contribution in [2.24, 2.45) is 5.92 Å². The van der Waals surface area contributed by atoms with Gasteiger partial charge in [-0.15, -0.1) is 0 Å². The van der Waals surface area contributed by atoms with Gasteiger partial charge in [-0.1, -0.05) is 95.9 Å². The van der Waals surface area contributed by atoms with Gasteiger partial charge in [-0.3, -0.25) is 4.79 Å². The molecule has 0 unspecified atom stereocenters. The van der Waals surface area contributed by atoms with Gasteiger partial charge in [-0.25, -0.2) is 4.79 Å². The summed E-state index contributed by atoms with van der Waals surface area (Å²) in [4.78, 5) is 25.6. The van der Waals surface area contributed by atoms with Gasteiger partial charge in [-0.2, -0.15) is 0 Å². The molecular weight excluding hydrogens is 592 g/mol. The number of hydrogen-bond donors (Lipinski definition) is 3. The third-order valence-electron chi connectivity index (χ3n) is 7.70. The van der Waals surface area contributed by atoms with Crippen LogP contribution in [0.4, 0.5) is 5.69 Å². The maximum absolute atomic E-state index is 13.4. The lowest BCUT2D eigenvalue weighted by Gasteiger charge is -2.23. The summed E-state index contributed by atoms with van der Waals surface area (Å²) >= 11 is 3.46. The molecule has 1 fully saturated rings. The molecule has 6 nitrogen and oxygen atoms in total. The monoisotopic (exact) mass is 626 g/mol. The fourth-order valence-corrected chi connectivity index (χ4v) is 5.77. The standard InChI is InChI=1S/C35H35BrN2O4/c36-27-19-20-31(37-23-25-9-3-1-4-10-25)30(22-27)34(39)38-32(35(40)41)21-24-15-17-26(18-16-24)29-13-7-8-14-33(29)42-28-11-5-2-6-12-28/h2,5-8,11-20,22,25,32,37H,1,3-4,9-10,21,23H2,(H,38,39)(H,40,41)/t32-/m0/s1. The highest BCUT2D eigenvalue weighted by molar-refractivity contribution is 9.10. The fourth-order valence-electron chi connectivity index (χ4n) is 5.41. The van der Waals surface area contributed by atoms with Crippen molar-refractivity contribution in [1.29, 1.82) is 0 Å². The van der Waals surface area contributed by atoms with Crippen LogP contribution in [0, 0.1) is 5.92 Å². The number of para-hydroxylation sites is 2. The lowest BCUT2D eigenvalue weighted by Crippen LogP contribution is -2.42. The van der Waals surface area contributed by atoms with Crippen LogP contribution in [0.3, 0.4) is 0 Å². The van der Waals surface area contributed by atoms with Crippen molar-refractivity contribution in [2.75, 3.05) is 11.9 Å². The third kappa shape index (κ3) is 7.79. The molecular formula is C35H35BrN2O4. The number of benzene rings is 4. The molecule has 4 aromatic carbocycles. The molecule has 1 amide bonds. The Bertz CT molecular complexity index is 1500. The normalized spacial score (nSPS) is 14.1. The number of ether oxygens (including phenoxy) is 1. The van der Waals surface area contributed by atoms with Crippen LogP contribution < -0.4 is 15.4 Å². The Hall–Kier alpha value is -4.10. The van der Waals surface area contributed by atoms with Crippen molar-refractivity contribution in [3.8, 4) is 22.6 Å². The van der Waals surface area contributed by atoms with Crippen LogP contribution in [0.25, 0.3) is 11.1 Å². The van der Waals surface area contributed by atoms with Crippen molar-refractivity contribution in [1.82, 2.24) is 5.32 Å². The molecule has 0 saturated heterocycles. The number of nitrogens with one attached hydrogen (secondary N) is 2. The molecule has 3 N–H and O–H groups in total. The Morgan fingerprint density at radius 3 is 2.33 bits per heavy atom. The highest BCUT2D eigenvalue weighted by Gasteiger charge is 2.23. The lowest BCUT2D eigenvalue weighted by atomic mass is 9.89. The zero-order valence-corrected chi connectivity index (χ0v) is 25.0. The van der Waals surface area contributed by atoms with E-state index >= 15 is 0 Å². The second-order valence-corrected chi connectivity index (χ2v) is 11.7. The Kier molecular flexibility index (Phi) is 9.93. The number of carbonyl (C=O) groups is 2. The molecule has 1 aliphatic carbocycles. The van der Waals surface area contributed by atoms with Gasteiger partial charge in [0.05, 0.1) is 5.56 Å².